The zero-order chi connectivity index (χ0) is 63.1. The zero-order valence-electron chi connectivity index (χ0n) is 50.1. The fourth-order valence-corrected chi connectivity index (χ4v) is 19.0. The molecule has 89 heavy (non-hydrogen) atoms. The number of aromatic nitrogens is 3. The molecule has 0 bridgehead atoms. The first-order valence-electron chi connectivity index (χ1n) is 30.5. The standard InChI is InChI=1S/C64H70F2N4O19/c1-26-45-48(61(7)62(8,80)58(79)89-64(61)54(26)87-64)51(77)46-44-47(53(82-27(2)71)56(60(45,46)6)84-29(4)73)59(5)35(21-42-52(86-42)55(59)83-28(3)72)49(50(44)76)67-43(75)17-11-9-10-14-18-70-24-30(68-69-70)25-81-41-23-40-34(20-37(41)66)63(32-16-13-12-15-31(32)57(78)88-63)33-19-36(65)38(74)22-39(33)85-40/h12-13,15-16,19-20,22-24,26,35,42,44-56,74,76-77,80H,9-11,14,17-18,21,25H2,1-8H3,(H,67,75)/t26-,35+,42-,44-,45-,46+,47+,48?,49-,50+,51+,52-,53-,54+,55-,56-,59-,60+,61-,62+,63?,64-/m0/s1. The third-order valence-corrected chi connectivity index (χ3v) is 22.6. The fraction of sp³-hybridized carbons (Fsp3) is 0.594. The number of aryl methyl sites for hydroxylation is 1. The van der Waals surface area contributed by atoms with Gasteiger partial charge in [-0.15, -0.1) is 5.10 Å². The van der Waals surface area contributed by atoms with Crippen molar-refractivity contribution in [1.29, 1.82) is 0 Å². The van der Waals surface area contributed by atoms with Gasteiger partial charge in [0.15, 0.2) is 34.3 Å². The molecule has 0 radical (unpaired) electrons. The largest absolute Gasteiger partial charge is 0.505 e. The van der Waals surface area contributed by atoms with E-state index in [4.69, 9.17) is 42.6 Å². The second kappa shape index (κ2) is 20.1. The van der Waals surface area contributed by atoms with Crippen molar-refractivity contribution in [2.45, 2.75) is 179 Å². The van der Waals surface area contributed by atoms with Crippen LogP contribution in [0.2, 0.25) is 0 Å². The van der Waals surface area contributed by atoms with Crippen molar-refractivity contribution in [2.75, 3.05) is 0 Å². The number of phenolic OH excluding ortho intramolecular Hbond substituents is 1. The van der Waals surface area contributed by atoms with Crippen molar-refractivity contribution in [3.63, 3.8) is 0 Å². The van der Waals surface area contributed by atoms with Gasteiger partial charge in [0.05, 0.1) is 52.7 Å². The average molecular weight is 1240 g/mol. The van der Waals surface area contributed by atoms with E-state index in [1.165, 1.54) is 33.8 Å². The Labute approximate surface area is 508 Å². The zero-order valence-corrected chi connectivity index (χ0v) is 50.1. The number of benzene rings is 3. The summed E-state index contributed by atoms with van der Waals surface area (Å²) in [6, 6.07) is 9.89. The van der Waals surface area contributed by atoms with Gasteiger partial charge >= 0.3 is 29.8 Å². The summed E-state index contributed by atoms with van der Waals surface area (Å²) in [5.74, 6) is -14.5. The molecule has 2 unspecified atom stereocenters. The summed E-state index contributed by atoms with van der Waals surface area (Å²) in [5, 5.41) is 60.9. The Morgan fingerprint density at radius 3 is 2.21 bits per heavy atom. The number of carbonyl (C=O) groups excluding carboxylic acids is 6. The quantitative estimate of drug-likeness (QED) is 0.0460. The van der Waals surface area contributed by atoms with E-state index in [1.807, 2.05) is 20.8 Å². The van der Waals surface area contributed by atoms with E-state index in [0.29, 0.717) is 49.9 Å². The SMILES string of the molecule is CC(=O)O[C@H]1[C@H]2[C@@H]([C@@H](O)[C@@H](NC(=O)CCCCCCn3cc(COc4cc5c(cc4F)C4(OC(=O)c6ccccc64)c4cc(F)c(O)cc4O5)nn3)[C@H]3C[C@@H]4O[C@@H]4[C@H](OC(C)=O)[C@]23C)[C@@H]2[C@@H](O)C3[C@H]([C@H](C)[C@H]4O[C@]45OC(=O)[C@@](C)(O)[C@]35C)[C@@]2(C)[C@H]1OC(C)=O. The second-order valence-electron chi connectivity index (χ2n) is 27.1. The molecule has 25 heteroatoms. The predicted molar refractivity (Wildman–Crippen MR) is 296 cm³/mol. The summed E-state index contributed by atoms with van der Waals surface area (Å²) >= 11 is 0. The molecule has 1 amide bonds. The first-order valence-corrected chi connectivity index (χ1v) is 30.5. The molecule has 6 heterocycles. The molecule has 3 aromatic carbocycles. The number of aliphatic hydroxyl groups excluding tert-OH is 2. The monoisotopic (exact) mass is 1240 g/mol. The van der Waals surface area contributed by atoms with Crippen molar-refractivity contribution in [3.05, 3.63) is 94.3 Å². The minimum atomic E-state index is -2.18. The number of nitrogens with one attached hydrogen (secondary N) is 1. The van der Waals surface area contributed by atoms with Crippen molar-refractivity contribution in [1.82, 2.24) is 20.3 Å². The minimum Gasteiger partial charge on any atom is -0.505 e. The van der Waals surface area contributed by atoms with Crippen LogP contribution in [0.15, 0.2) is 54.7 Å². The number of aliphatic hydroxyl groups is 3. The minimum absolute atomic E-state index is 0.0141. The number of phenols is 1. The van der Waals surface area contributed by atoms with Crippen molar-refractivity contribution in [3.8, 4) is 23.0 Å². The summed E-state index contributed by atoms with van der Waals surface area (Å²) in [6.45, 7) is 12.5. The van der Waals surface area contributed by atoms with Gasteiger partial charge in [-0.1, -0.05) is 57.0 Å². The maximum absolute atomic E-state index is 16.1. The van der Waals surface area contributed by atoms with E-state index < -0.39 is 177 Å². The molecule has 10 aliphatic rings. The second-order valence-corrected chi connectivity index (χ2v) is 27.1. The summed E-state index contributed by atoms with van der Waals surface area (Å²) in [6.07, 6.45) is -3.97. The van der Waals surface area contributed by atoms with Crippen LogP contribution in [0.4, 0.5) is 8.78 Å². The van der Waals surface area contributed by atoms with Crippen LogP contribution in [0.3, 0.4) is 0 Å². The Balaban J connectivity index is 0.670. The molecule has 5 aliphatic heterocycles. The lowest BCUT2D eigenvalue weighted by Crippen LogP contribution is -2.77. The normalized spacial score (nSPS) is 40.7. The van der Waals surface area contributed by atoms with Crippen LogP contribution < -0.4 is 14.8 Å². The average Bonchev–Trinajstić information content (AvgIpc) is 1.51. The number of ether oxygens (including phenoxy) is 9. The highest BCUT2D eigenvalue weighted by Gasteiger charge is 2.93. The number of rotatable bonds is 14. The van der Waals surface area contributed by atoms with Crippen LogP contribution in [0.25, 0.3) is 0 Å². The number of epoxide rings is 2. The molecule has 22 atom stereocenters. The molecule has 5 saturated carbocycles. The molecule has 5 N–H and O–H groups in total. The Bertz CT molecular complexity index is 3690. The van der Waals surface area contributed by atoms with Crippen molar-refractivity contribution in [2.24, 2.45) is 57.7 Å². The Morgan fingerprint density at radius 2 is 1.48 bits per heavy atom. The maximum atomic E-state index is 16.1. The predicted octanol–water partition coefficient (Wildman–Crippen LogP) is 5.34. The number of nitrogens with zero attached hydrogens (tertiary/aromatic N) is 3. The first kappa shape index (κ1) is 59.3. The molecule has 8 fully saturated rings. The number of hydrogen-bond acceptors (Lipinski definition) is 21. The topological polar surface area (TPSA) is 316 Å². The van der Waals surface area contributed by atoms with Gasteiger partial charge in [0.1, 0.15) is 54.3 Å². The first-order chi connectivity index (χ1) is 42.1. The molecule has 1 aromatic heterocycles. The summed E-state index contributed by atoms with van der Waals surface area (Å²) in [5.41, 5.74) is -7.20. The van der Waals surface area contributed by atoms with Gasteiger partial charge in [-0.2, -0.15) is 0 Å². The summed E-state index contributed by atoms with van der Waals surface area (Å²) in [4.78, 5) is 81.6. The third kappa shape index (κ3) is 8.14. The number of amides is 1. The Kier molecular flexibility index (Phi) is 13.4. The van der Waals surface area contributed by atoms with Gasteiger partial charge in [0.25, 0.3) is 0 Å². The van der Waals surface area contributed by atoms with Gasteiger partial charge in [-0.25, -0.2) is 18.4 Å². The molecular weight excluding hydrogens is 1170 g/mol. The summed E-state index contributed by atoms with van der Waals surface area (Å²) in [7, 11) is 0. The van der Waals surface area contributed by atoms with Gasteiger partial charge in [-0.05, 0) is 75.0 Å². The van der Waals surface area contributed by atoms with E-state index in [2.05, 4.69) is 15.6 Å². The molecule has 4 aromatic rings. The molecule has 5 aliphatic carbocycles. The molecule has 23 nitrogen and oxygen atoms in total. The highest BCUT2D eigenvalue weighted by Crippen LogP contribution is 2.81. The smallest absolute Gasteiger partial charge is 0.341 e. The Morgan fingerprint density at radius 1 is 0.798 bits per heavy atom. The number of esters is 5. The fourth-order valence-electron chi connectivity index (χ4n) is 19.0. The molecule has 3 saturated heterocycles. The van der Waals surface area contributed by atoms with E-state index in [9.17, 15) is 53.6 Å². The maximum Gasteiger partial charge on any atom is 0.341 e. The van der Waals surface area contributed by atoms with Crippen LogP contribution >= 0.6 is 0 Å². The third-order valence-electron chi connectivity index (χ3n) is 22.6. The van der Waals surface area contributed by atoms with Crippen LogP contribution in [-0.2, 0) is 75.9 Å². The van der Waals surface area contributed by atoms with E-state index in [-0.39, 0.29) is 52.9 Å². The Hall–Kier alpha value is -7.32. The van der Waals surface area contributed by atoms with E-state index in [0.717, 1.165) is 18.2 Å². The lowest BCUT2D eigenvalue weighted by atomic mass is 9.40. The highest BCUT2D eigenvalue weighted by molar-refractivity contribution is 5.97. The summed E-state index contributed by atoms with van der Waals surface area (Å²) < 4.78 is 88.0. The van der Waals surface area contributed by atoms with Crippen LogP contribution in [0.5, 0.6) is 23.0 Å². The number of unbranched alkanes of at least 4 members (excludes halogenated alkanes) is 3. The van der Waals surface area contributed by atoms with Crippen LogP contribution in [0, 0.1) is 69.3 Å². The molecule has 474 valence electrons. The van der Waals surface area contributed by atoms with Gasteiger partial charge in [0.2, 0.25) is 11.7 Å². The lowest BCUT2D eigenvalue weighted by molar-refractivity contribution is -0.286. The van der Waals surface area contributed by atoms with Gasteiger partial charge in [0, 0.05) is 80.0 Å². The van der Waals surface area contributed by atoms with Crippen LogP contribution in [-0.4, -0.2) is 137 Å². The number of hydrogen-bond donors (Lipinski definition) is 5. The lowest BCUT2D eigenvalue weighted by Gasteiger charge is -2.67. The number of aromatic hydroxyl groups is 1. The number of halogens is 2. The van der Waals surface area contributed by atoms with Gasteiger partial charge < -0.3 is 68.4 Å². The van der Waals surface area contributed by atoms with E-state index >= 15 is 4.39 Å². The highest BCUT2D eigenvalue weighted by atomic mass is 19.1. The van der Waals surface area contributed by atoms with Crippen molar-refractivity contribution < 1.29 is 101 Å². The van der Waals surface area contributed by atoms with Gasteiger partial charge in [-0.3, -0.25) is 23.9 Å². The number of carbonyl (C=O) groups is 6. The molecular formula is C64H70F2N4O19. The molecule has 2 spiro atoms. The van der Waals surface area contributed by atoms with Crippen molar-refractivity contribution >= 4 is 35.8 Å². The van der Waals surface area contributed by atoms with E-state index in [1.54, 1.807) is 42.1 Å². The number of fused-ring (bicyclic) bond motifs is 15. The molecule has 14 rings (SSSR count). The van der Waals surface area contributed by atoms with Crippen LogP contribution in [0.1, 0.15) is 127 Å².